The number of pyridine rings is 1. The van der Waals surface area contributed by atoms with Crippen molar-refractivity contribution in [3.8, 4) is 11.3 Å². The van der Waals surface area contributed by atoms with Crippen LogP contribution in [0.1, 0.15) is 49.9 Å². The van der Waals surface area contributed by atoms with Gasteiger partial charge in [-0.3, -0.25) is 9.48 Å². The van der Waals surface area contributed by atoms with Gasteiger partial charge in [-0.15, -0.1) is 0 Å². The minimum atomic E-state index is -4.58. The molecule has 3 heterocycles. The molecule has 1 aliphatic heterocycles. The second-order valence-corrected chi connectivity index (χ2v) is 9.63. The van der Waals surface area contributed by atoms with Crippen molar-refractivity contribution in [2.45, 2.75) is 50.4 Å². The lowest BCUT2D eigenvalue weighted by molar-refractivity contribution is -0.162. The Labute approximate surface area is 183 Å². The summed E-state index contributed by atoms with van der Waals surface area (Å²) in [6.45, 7) is 4.75. The van der Waals surface area contributed by atoms with Crippen LogP contribution < -0.4 is 5.73 Å². The smallest absolute Gasteiger partial charge is 0.383 e. The van der Waals surface area contributed by atoms with E-state index in [1.54, 1.807) is 4.90 Å². The molecule has 2 aliphatic carbocycles. The fourth-order valence-corrected chi connectivity index (χ4v) is 5.58. The van der Waals surface area contributed by atoms with Crippen LogP contribution in [0.25, 0.3) is 11.3 Å². The van der Waals surface area contributed by atoms with Crippen molar-refractivity contribution >= 4 is 11.7 Å². The van der Waals surface area contributed by atoms with Crippen molar-refractivity contribution in [3.05, 3.63) is 29.6 Å². The normalized spacial score (nSPS) is 29.8. The standard InChI is InChI=1S/C22H26F3N5O2/c1-11(2)30-17(5-16(28-30)12-4-15(22(23,24)25)20(26)27-8-12)19-13-6-21(7-14(13)19)10-29(3)18(31)9-32-21/h4-5,8,11,13-14,19H,6-7,9-10H2,1-3H3,(H2,26,27)/t13-,14+,19?,21?. The van der Waals surface area contributed by atoms with Crippen LogP contribution in [-0.2, 0) is 15.7 Å². The first-order valence-electron chi connectivity index (χ1n) is 10.8. The molecule has 2 saturated carbocycles. The summed E-state index contributed by atoms with van der Waals surface area (Å²) < 4.78 is 47.8. The van der Waals surface area contributed by atoms with Gasteiger partial charge >= 0.3 is 6.18 Å². The van der Waals surface area contributed by atoms with Gasteiger partial charge in [-0.25, -0.2) is 4.98 Å². The number of carbonyl (C=O) groups excluding carboxylic acids is 1. The Kier molecular flexibility index (Phi) is 4.60. The van der Waals surface area contributed by atoms with Crippen molar-refractivity contribution in [1.82, 2.24) is 19.7 Å². The molecule has 5 rings (SSSR count). The van der Waals surface area contributed by atoms with Gasteiger partial charge in [0.15, 0.2) is 0 Å². The zero-order valence-electron chi connectivity index (χ0n) is 18.2. The maximum Gasteiger partial charge on any atom is 0.419 e. The lowest BCUT2D eigenvalue weighted by Gasteiger charge is -2.40. The summed E-state index contributed by atoms with van der Waals surface area (Å²) in [4.78, 5) is 17.3. The first-order chi connectivity index (χ1) is 15.0. The minimum absolute atomic E-state index is 0.00519. The van der Waals surface area contributed by atoms with Gasteiger partial charge in [0.2, 0.25) is 5.91 Å². The quantitative estimate of drug-likeness (QED) is 0.776. The number of rotatable bonds is 3. The van der Waals surface area contributed by atoms with Gasteiger partial charge in [0.1, 0.15) is 12.4 Å². The van der Waals surface area contributed by atoms with Crippen molar-refractivity contribution < 1.29 is 22.7 Å². The first-order valence-corrected chi connectivity index (χ1v) is 10.8. The molecule has 7 nitrogen and oxygen atoms in total. The monoisotopic (exact) mass is 449 g/mol. The van der Waals surface area contributed by atoms with Crippen LogP contribution in [-0.4, -0.2) is 51.4 Å². The number of amides is 1. The summed E-state index contributed by atoms with van der Waals surface area (Å²) in [5.41, 5.74) is 6.02. The molecule has 3 aliphatic rings. The van der Waals surface area contributed by atoms with E-state index >= 15 is 0 Å². The number of hydrogen-bond acceptors (Lipinski definition) is 5. The van der Waals surface area contributed by atoms with Gasteiger partial charge in [-0.1, -0.05) is 0 Å². The lowest BCUT2D eigenvalue weighted by atomic mass is 9.91. The molecule has 4 atom stereocenters. The molecule has 2 aromatic rings. The van der Waals surface area contributed by atoms with Gasteiger partial charge in [0.25, 0.3) is 0 Å². The summed E-state index contributed by atoms with van der Waals surface area (Å²) in [5, 5.41) is 4.63. The molecule has 0 aromatic carbocycles. The first kappa shape index (κ1) is 21.2. The topological polar surface area (TPSA) is 86.3 Å². The van der Waals surface area contributed by atoms with E-state index in [4.69, 9.17) is 10.5 Å². The molecular weight excluding hydrogens is 423 g/mol. The maximum atomic E-state index is 13.3. The molecular formula is C22H26F3N5O2. The zero-order chi connectivity index (χ0) is 23.0. The predicted molar refractivity (Wildman–Crippen MR) is 111 cm³/mol. The molecule has 1 amide bonds. The van der Waals surface area contributed by atoms with Crippen LogP contribution in [0.3, 0.4) is 0 Å². The molecule has 1 saturated heterocycles. The number of nitrogens with two attached hydrogens (primary N) is 1. The van der Waals surface area contributed by atoms with Crippen molar-refractivity contribution in [2.75, 3.05) is 25.9 Å². The van der Waals surface area contributed by atoms with Gasteiger partial charge in [-0.05, 0) is 50.7 Å². The summed E-state index contributed by atoms with van der Waals surface area (Å²) in [5.74, 6) is 0.607. The largest absolute Gasteiger partial charge is 0.419 e. The number of ether oxygens (including phenoxy) is 1. The SMILES string of the molecule is CC(C)n1nc(-c2cnc(N)c(C(F)(F)F)c2)cc1C1[C@H]2CC3(C[C@@H]12)CN(C)C(=O)CO3. The number of morpholine rings is 1. The molecule has 10 heteroatoms. The number of carbonyl (C=O) groups is 1. The molecule has 2 unspecified atom stereocenters. The zero-order valence-corrected chi connectivity index (χ0v) is 18.2. The Hall–Kier alpha value is -2.62. The fourth-order valence-electron chi connectivity index (χ4n) is 5.58. The van der Waals surface area contributed by atoms with E-state index in [2.05, 4.69) is 10.1 Å². The van der Waals surface area contributed by atoms with Crippen LogP contribution in [0.4, 0.5) is 19.0 Å². The third-order valence-corrected chi connectivity index (χ3v) is 7.11. The molecule has 0 bridgehead atoms. The number of fused-ring (bicyclic) bond motifs is 1. The average Bonchev–Trinajstić information content (AvgIpc) is 3.04. The molecule has 1 spiro atoms. The Balaban J connectivity index is 1.42. The second kappa shape index (κ2) is 6.94. The van der Waals surface area contributed by atoms with Gasteiger partial charge in [0.05, 0.1) is 16.9 Å². The highest BCUT2D eigenvalue weighted by Crippen LogP contribution is 2.67. The van der Waals surface area contributed by atoms with Gasteiger partial charge in [0, 0.05) is 43.0 Å². The van der Waals surface area contributed by atoms with E-state index < -0.39 is 17.6 Å². The Morgan fingerprint density at radius 1 is 1.25 bits per heavy atom. The van der Waals surface area contributed by atoms with Crippen LogP contribution in [0, 0.1) is 11.8 Å². The number of hydrogen-bond donors (Lipinski definition) is 1. The van der Waals surface area contributed by atoms with E-state index in [-0.39, 0.29) is 24.2 Å². The van der Waals surface area contributed by atoms with Crippen LogP contribution in [0.15, 0.2) is 18.3 Å². The van der Waals surface area contributed by atoms with Crippen molar-refractivity contribution in [1.29, 1.82) is 0 Å². The molecule has 32 heavy (non-hydrogen) atoms. The third kappa shape index (κ3) is 3.35. The van der Waals surface area contributed by atoms with E-state index in [0.717, 1.165) is 24.6 Å². The molecule has 2 aromatic heterocycles. The highest BCUT2D eigenvalue weighted by molar-refractivity contribution is 5.78. The van der Waals surface area contributed by atoms with Crippen LogP contribution in [0.5, 0.6) is 0 Å². The van der Waals surface area contributed by atoms with Crippen molar-refractivity contribution in [2.24, 2.45) is 11.8 Å². The summed E-state index contributed by atoms with van der Waals surface area (Å²) in [6.07, 6.45) is -1.49. The number of alkyl halides is 3. The third-order valence-electron chi connectivity index (χ3n) is 7.11. The van der Waals surface area contributed by atoms with E-state index in [0.29, 0.717) is 35.6 Å². The number of aromatic nitrogens is 3. The molecule has 2 N–H and O–H groups in total. The van der Waals surface area contributed by atoms with Crippen LogP contribution >= 0.6 is 0 Å². The number of nitrogens with zero attached hydrogens (tertiary/aromatic N) is 4. The number of anilines is 1. The average molecular weight is 449 g/mol. The van der Waals surface area contributed by atoms with E-state index in [9.17, 15) is 18.0 Å². The maximum absolute atomic E-state index is 13.3. The fraction of sp³-hybridized carbons (Fsp3) is 0.591. The molecule has 172 valence electrons. The lowest BCUT2D eigenvalue weighted by Crippen LogP contribution is -2.52. The summed E-state index contributed by atoms with van der Waals surface area (Å²) in [6, 6.07) is 2.97. The summed E-state index contributed by atoms with van der Waals surface area (Å²) in [7, 11) is 1.81. The minimum Gasteiger partial charge on any atom is -0.383 e. The predicted octanol–water partition coefficient (Wildman–Crippen LogP) is 3.48. The molecule has 0 radical (unpaired) electrons. The highest BCUT2D eigenvalue weighted by atomic mass is 19.4. The van der Waals surface area contributed by atoms with E-state index in [1.807, 2.05) is 31.6 Å². The van der Waals surface area contributed by atoms with Gasteiger partial charge < -0.3 is 15.4 Å². The Bertz CT molecular complexity index is 1070. The van der Waals surface area contributed by atoms with Crippen LogP contribution in [0.2, 0.25) is 0 Å². The van der Waals surface area contributed by atoms with E-state index in [1.165, 1.54) is 6.20 Å². The highest BCUT2D eigenvalue weighted by Gasteiger charge is 2.64. The number of halogens is 3. The summed E-state index contributed by atoms with van der Waals surface area (Å²) >= 11 is 0. The van der Waals surface area contributed by atoms with Gasteiger partial charge in [-0.2, -0.15) is 18.3 Å². The number of likely N-dealkylation sites (N-methyl/N-ethyl adjacent to an activating group) is 1. The Morgan fingerprint density at radius 2 is 1.94 bits per heavy atom. The van der Waals surface area contributed by atoms with Crippen molar-refractivity contribution in [3.63, 3.8) is 0 Å². The number of nitrogen functional groups attached to an aromatic ring is 1. The molecule has 3 fully saturated rings. The Morgan fingerprint density at radius 3 is 2.53 bits per heavy atom. The second-order valence-electron chi connectivity index (χ2n) is 9.63.